The SMILES string of the molecule is C=CCOC[C@H]1O[C@H](O[C@H]2[C@H](OCC=C)[C@@H](OCC=C)[C@H](O)O[C@@H]2COCC=C)[C@H](OCC=C)[C@@H](OCC=C)[C@@H]1O. The number of aliphatic hydroxyl groups excluding tert-OH is 2. The molecule has 41 heavy (non-hydrogen) atoms. The van der Waals surface area contributed by atoms with Crippen molar-refractivity contribution in [3.63, 3.8) is 0 Å². The summed E-state index contributed by atoms with van der Waals surface area (Å²) in [4.78, 5) is 0. The van der Waals surface area contributed by atoms with E-state index < -0.39 is 61.4 Å². The number of ether oxygens (including phenoxy) is 9. The molecular weight excluding hydrogens is 536 g/mol. The molecule has 0 radical (unpaired) electrons. The number of aliphatic hydroxyl groups is 2. The molecule has 2 aliphatic rings. The second kappa shape index (κ2) is 20.0. The van der Waals surface area contributed by atoms with E-state index in [1.807, 2.05) is 0 Å². The second-order valence-corrected chi connectivity index (χ2v) is 9.20. The Kier molecular flexibility index (Phi) is 17.2. The zero-order valence-corrected chi connectivity index (χ0v) is 23.7. The molecule has 0 aromatic carbocycles. The Morgan fingerprint density at radius 2 is 0.976 bits per heavy atom. The first-order chi connectivity index (χ1) is 20.0. The Labute approximate surface area is 243 Å². The molecule has 232 valence electrons. The first kappa shape index (κ1) is 35.2. The van der Waals surface area contributed by atoms with Crippen LogP contribution in [0.25, 0.3) is 0 Å². The normalized spacial score (nSPS) is 33.5. The molecule has 0 aliphatic carbocycles. The van der Waals surface area contributed by atoms with Crippen LogP contribution < -0.4 is 0 Å². The van der Waals surface area contributed by atoms with E-state index in [-0.39, 0.29) is 52.9 Å². The molecule has 11 nitrogen and oxygen atoms in total. The van der Waals surface area contributed by atoms with Crippen molar-refractivity contribution in [2.75, 3.05) is 52.9 Å². The minimum atomic E-state index is -1.35. The van der Waals surface area contributed by atoms with Crippen LogP contribution in [0, 0.1) is 0 Å². The zero-order chi connectivity index (χ0) is 30.0. The Morgan fingerprint density at radius 1 is 0.512 bits per heavy atom. The predicted molar refractivity (Wildman–Crippen MR) is 152 cm³/mol. The minimum Gasteiger partial charge on any atom is -0.387 e. The topological polar surface area (TPSA) is 124 Å². The molecule has 0 aromatic heterocycles. The molecule has 0 spiro atoms. The van der Waals surface area contributed by atoms with Gasteiger partial charge in [0, 0.05) is 0 Å². The van der Waals surface area contributed by atoms with Gasteiger partial charge in [-0.25, -0.2) is 0 Å². The van der Waals surface area contributed by atoms with E-state index >= 15 is 0 Å². The Bertz CT molecular complexity index is 805. The number of hydrogen-bond donors (Lipinski definition) is 2. The highest BCUT2D eigenvalue weighted by molar-refractivity contribution is 4.97. The molecule has 2 rings (SSSR count). The lowest BCUT2D eigenvalue weighted by molar-refractivity contribution is -0.366. The maximum Gasteiger partial charge on any atom is 0.187 e. The predicted octanol–water partition coefficient (Wildman–Crippen LogP) is 1.86. The second-order valence-electron chi connectivity index (χ2n) is 9.20. The highest BCUT2D eigenvalue weighted by Crippen LogP contribution is 2.33. The van der Waals surface area contributed by atoms with Gasteiger partial charge in [0.1, 0.15) is 48.8 Å². The summed E-state index contributed by atoms with van der Waals surface area (Å²) in [6.45, 7) is 23.2. The van der Waals surface area contributed by atoms with Crippen LogP contribution in [0.15, 0.2) is 75.9 Å². The lowest BCUT2D eigenvalue weighted by Crippen LogP contribution is -2.66. The van der Waals surface area contributed by atoms with Crippen LogP contribution >= 0.6 is 0 Å². The van der Waals surface area contributed by atoms with Crippen molar-refractivity contribution >= 4 is 0 Å². The molecule has 10 atom stereocenters. The molecule has 2 saturated heterocycles. The summed E-state index contributed by atoms with van der Waals surface area (Å²) in [5, 5.41) is 22.0. The van der Waals surface area contributed by atoms with Crippen molar-refractivity contribution in [2.24, 2.45) is 0 Å². The van der Waals surface area contributed by atoms with Gasteiger partial charge in [0.05, 0.1) is 52.9 Å². The first-order valence-electron chi connectivity index (χ1n) is 13.6. The third-order valence-corrected chi connectivity index (χ3v) is 6.18. The molecule has 11 heteroatoms. The molecule has 0 amide bonds. The number of rotatable bonds is 22. The van der Waals surface area contributed by atoms with Crippen molar-refractivity contribution < 1.29 is 52.8 Å². The highest BCUT2D eigenvalue weighted by Gasteiger charge is 2.53. The maximum absolute atomic E-state index is 11.2. The van der Waals surface area contributed by atoms with Crippen LogP contribution in [-0.4, -0.2) is 124 Å². The summed E-state index contributed by atoms with van der Waals surface area (Å²) in [5.41, 5.74) is 0. The monoisotopic (exact) mass is 582 g/mol. The van der Waals surface area contributed by atoms with Gasteiger partial charge in [0.2, 0.25) is 0 Å². The molecule has 0 unspecified atom stereocenters. The van der Waals surface area contributed by atoms with Gasteiger partial charge in [-0.3, -0.25) is 0 Å². The van der Waals surface area contributed by atoms with Gasteiger partial charge in [-0.05, 0) is 0 Å². The van der Waals surface area contributed by atoms with Crippen LogP contribution in [0.2, 0.25) is 0 Å². The molecule has 2 aliphatic heterocycles. The van der Waals surface area contributed by atoms with Crippen LogP contribution in [0.3, 0.4) is 0 Å². The molecule has 2 N–H and O–H groups in total. The fraction of sp³-hybridized carbons (Fsp3) is 0.600. The lowest BCUT2D eigenvalue weighted by atomic mass is 9.96. The van der Waals surface area contributed by atoms with Gasteiger partial charge in [-0.15, -0.1) is 39.5 Å². The van der Waals surface area contributed by atoms with E-state index in [1.54, 1.807) is 36.5 Å². The third-order valence-electron chi connectivity index (χ3n) is 6.18. The van der Waals surface area contributed by atoms with Crippen molar-refractivity contribution in [1.29, 1.82) is 0 Å². The van der Waals surface area contributed by atoms with Crippen molar-refractivity contribution in [3.05, 3.63) is 75.9 Å². The van der Waals surface area contributed by atoms with Crippen LogP contribution in [-0.2, 0) is 42.6 Å². The maximum atomic E-state index is 11.2. The van der Waals surface area contributed by atoms with Crippen molar-refractivity contribution in [3.8, 4) is 0 Å². The zero-order valence-electron chi connectivity index (χ0n) is 23.7. The van der Waals surface area contributed by atoms with E-state index in [0.29, 0.717) is 0 Å². The van der Waals surface area contributed by atoms with E-state index in [0.717, 1.165) is 0 Å². The van der Waals surface area contributed by atoms with Crippen molar-refractivity contribution in [1.82, 2.24) is 0 Å². The molecule has 2 heterocycles. The van der Waals surface area contributed by atoms with E-state index in [2.05, 4.69) is 39.5 Å². The highest BCUT2D eigenvalue weighted by atomic mass is 16.7. The smallest absolute Gasteiger partial charge is 0.187 e. The molecular formula is C30H46O11. The molecule has 0 aromatic rings. The molecule has 0 saturated carbocycles. The lowest BCUT2D eigenvalue weighted by Gasteiger charge is -2.48. The largest absolute Gasteiger partial charge is 0.387 e. The fourth-order valence-corrected chi connectivity index (χ4v) is 4.47. The first-order valence-corrected chi connectivity index (χ1v) is 13.6. The Morgan fingerprint density at radius 3 is 1.51 bits per heavy atom. The van der Waals surface area contributed by atoms with Gasteiger partial charge >= 0.3 is 0 Å². The summed E-state index contributed by atoms with van der Waals surface area (Å²) < 4.78 is 53.9. The quantitative estimate of drug-likeness (QED) is 0.144. The number of hydrogen-bond acceptors (Lipinski definition) is 11. The molecule has 0 bridgehead atoms. The Balaban J connectivity index is 2.47. The van der Waals surface area contributed by atoms with Crippen LogP contribution in [0.4, 0.5) is 0 Å². The minimum absolute atomic E-state index is 0.0302. The van der Waals surface area contributed by atoms with E-state index in [4.69, 9.17) is 42.6 Å². The van der Waals surface area contributed by atoms with E-state index in [1.165, 1.54) is 0 Å². The van der Waals surface area contributed by atoms with Gasteiger partial charge < -0.3 is 52.8 Å². The summed E-state index contributed by atoms with van der Waals surface area (Å²) in [5.74, 6) is 0. The Hall–Kier alpha value is -2.00. The standard InChI is InChI=1S/C30H46O11/c1-7-13-33-19-21-23(31)25(35-15-9-3)28(38-18-12-6)30(40-21)41-24-22(20-34-14-8-2)39-29(32)27(37-17-11-5)26(24)36-16-10-4/h7-12,21-32H,1-6,13-20H2/t21-,22-,23-,24-,25+,26+,27-,28-,29-,30-/m1/s1. The summed E-state index contributed by atoms with van der Waals surface area (Å²) in [7, 11) is 0. The van der Waals surface area contributed by atoms with Gasteiger partial charge in [0.15, 0.2) is 12.6 Å². The fourth-order valence-electron chi connectivity index (χ4n) is 4.47. The van der Waals surface area contributed by atoms with E-state index in [9.17, 15) is 10.2 Å². The molecule has 2 fully saturated rings. The van der Waals surface area contributed by atoms with Gasteiger partial charge in [-0.2, -0.15) is 0 Å². The summed E-state index contributed by atoms with van der Waals surface area (Å²) >= 11 is 0. The summed E-state index contributed by atoms with van der Waals surface area (Å²) in [6, 6.07) is 0. The average molecular weight is 583 g/mol. The van der Waals surface area contributed by atoms with Crippen LogP contribution in [0.5, 0.6) is 0 Å². The average Bonchev–Trinajstić information content (AvgIpc) is 2.97. The summed E-state index contributed by atoms with van der Waals surface area (Å²) in [6.07, 6.45) is -0.301. The third kappa shape index (κ3) is 10.7. The van der Waals surface area contributed by atoms with Crippen LogP contribution in [0.1, 0.15) is 0 Å². The van der Waals surface area contributed by atoms with Crippen molar-refractivity contribution in [2.45, 2.75) is 61.4 Å². The van der Waals surface area contributed by atoms with Gasteiger partial charge in [0.25, 0.3) is 0 Å². The van der Waals surface area contributed by atoms with Gasteiger partial charge in [-0.1, -0.05) is 36.5 Å².